The Labute approximate surface area is 164 Å². The minimum Gasteiger partial charge on any atom is -0.369 e. The Morgan fingerprint density at radius 2 is 2.04 bits per heavy atom. The molecular formula is C22H28N4O2. The third-order valence-corrected chi connectivity index (χ3v) is 5.64. The highest BCUT2D eigenvalue weighted by atomic mass is 16.2. The molecule has 0 radical (unpaired) electrons. The summed E-state index contributed by atoms with van der Waals surface area (Å²) in [5.41, 5.74) is 1.92. The van der Waals surface area contributed by atoms with Gasteiger partial charge in [0.15, 0.2) is 0 Å². The number of benzene rings is 1. The molecule has 0 aliphatic carbocycles. The van der Waals surface area contributed by atoms with E-state index in [1.807, 2.05) is 42.4 Å². The number of para-hydroxylation sites is 1. The van der Waals surface area contributed by atoms with Crippen LogP contribution in [0.15, 0.2) is 40.1 Å². The summed E-state index contributed by atoms with van der Waals surface area (Å²) in [7, 11) is 1.92. The van der Waals surface area contributed by atoms with Gasteiger partial charge in [-0.15, -0.1) is 0 Å². The first-order valence-corrected chi connectivity index (χ1v) is 10.0. The average molecular weight is 380 g/mol. The summed E-state index contributed by atoms with van der Waals surface area (Å²) in [5, 5.41) is 4.20. The minimum absolute atomic E-state index is 0.387. The van der Waals surface area contributed by atoms with Gasteiger partial charge < -0.3 is 20.1 Å². The van der Waals surface area contributed by atoms with E-state index in [0.717, 1.165) is 49.2 Å². The maximum atomic E-state index is 12.3. The lowest BCUT2D eigenvalue weighted by Crippen LogP contribution is -2.42. The van der Waals surface area contributed by atoms with Crippen LogP contribution in [-0.4, -0.2) is 43.1 Å². The lowest BCUT2D eigenvalue weighted by molar-refractivity contribution is 0.288. The second-order valence-corrected chi connectivity index (χ2v) is 8.44. The predicted molar refractivity (Wildman–Crippen MR) is 116 cm³/mol. The molecule has 1 saturated heterocycles. The Hall–Kier alpha value is -2.60. The van der Waals surface area contributed by atoms with Gasteiger partial charge in [-0.25, -0.2) is 0 Å². The van der Waals surface area contributed by atoms with Crippen molar-refractivity contribution in [2.24, 2.45) is 11.8 Å². The molecular weight excluding hydrogens is 352 g/mol. The van der Waals surface area contributed by atoms with Crippen molar-refractivity contribution in [3.8, 4) is 0 Å². The molecule has 6 heteroatoms. The van der Waals surface area contributed by atoms with Gasteiger partial charge in [0.05, 0.1) is 5.69 Å². The molecule has 1 aromatic heterocycles. The van der Waals surface area contributed by atoms with Crippen molar-refractivity contribution < 1.29 is 0 Å². The Balaban J connectivity index is 1.48. The van der Waals surface area contributed by atoms with E-state index in [-0.39, 0.29) is 5.43 Å². The first-order chi connectivity index (χ1) is 13.4. The van der Waals surface area contributed by atoms with E-state index in [9.17, 15) is 9.59 Å². The molecule has 148 valence electrons. The van der Waals surface area contributed by atoms with E-state index in [0.29, 0.717) is 23.2 Å². The summed E-state index contributed by atoms with van der Waals surface area (Å²) < 4.78 is 0. The second-order valence-electron chi connectivity index (χ2n) is 8.44. The fraction of sp³-hybridized carbons (Fsp3) is 0.455. The molecule has 4 rings (SSSR count). The van der Waals surface area contributed by atoms with Crippen LogP contribution >= 0.6 is 0 Å². The summed E-state index contributed by atoms with van der Waals surface area (Å²) in [6.07, 6.45) is 2.98. The highest BCUT2D eigenvalue weighted by molar-refractivity contribution is 5.95. The van der Waals surface area contributed by atoms with Gasteiger partial charge in [-0.1, -0.05) is 32.0 Å². The SMILES string of the molecule is CC(C)CN1CCC(CN(C)c2c(Nc3c[nH]c4ccccc34)c(=O)c2=O)C1. The van der Waals surface area contributed by atoms with Crippen molar-refractivity contribution >= 4 is 28.0 Å². The number of H-pyrrole nitrogens is 1. The highest BCUT2D eigenvalue weighted by Gasteiger charge is 2.29. The fourth-order valence-corrected chi connectivity index (χ4v) is 4.39. The zero-order valence-corrected chi connectivity index (χ0v) is 16.8. The molecule has 6 nitrogen and oxygen atoms in total. The molecule has 1 aliphatic rings. The first-order valence-electron chi connectivity index (χ1n) is 10.0. The van der Waals surface area contributed by atoms with E-state index in [1.54, 1.807) is 0 Å². The normalized spacial score (nSPS) is 17.8. The molecule has 0 saturated carbocycles. The molecule has 1 aliphatic heterocycles. The summed E-state index contributed by atoms with van der Waals surface area (Å²) in [6.45, 7) is 8.57. The number of aromatic amines is 1. The largest absolute Gasteiger partial charge is 0.369 e. The van der Waals surface area contributed by atoms with Crippen LogP contribution in [0.4, 0.5) is 17.1 Å². The quantitative estimate of drug-likeness (QED) is 0.617. The molecule has 2 N–H and O–H groups in total. The van der Waals surface area contributed by atoms with Gasteiger partial charge in [-0.2, -0.15) is 0 Å². The number of nitrogens with one attached hydrogen (secondary N) is 2. The summed E-state index contributed by atoms with van der Waals surface area (Å²) in [6, 6.07) is 7.90. The smallest absolute Gasteiger partial charge is 0.253 e. The number of aromatic nitrogens is 1. The van der Waals surface area contributed by atoms with Crippen LogP contribution in [0.5, 0.6) is 0 Å². The number of hydrogen-bond acceptors (Lipinski definition) is 5. The molecule has 28 heavy (non-hydrogen) atoms. The first kappa shape index (κ1) is 18.7. The monoisotopic (exact) mass is 380 g/mol. The maximum Gasteiger partial charge on any atom is 0.253 e. The van der Waals surface area contributed by atoms with Gasteiger partial charge in [0.1, 0.15) is 11.4 Å². The Bertz CT molecular complexity index is 1040. The van der Waals surface area contributed by atoms with Gasteiger partial charge >= 0.3 is 0 Å². The van der Waals surface area contributed by atoms with Crippen LogP contribution in [0, 0.1) is 11.8 Å². The van der Waals surface area contributed by atoms with E-state index in [1.165, 1.54) is 0 Å². The fourth-order valence-electron chi connectivity index (χ4n) is 4.39. The van der Waals surface area contributed by atoms with Crippen molar-refractivity contribution in [1.82, 2.24) is 9.88 Å². The zero-order valence-electron chi connectivity index (χ0n) is 16.8. The van der Waals surface area contributed by atoms with Gasteiger partial charge in [0.2, 0.25) is 0 Å². The summed E-state index contributed by atoms with van der Waals surface area (Å²) in [5.74, 6) is 1.19. The molecule has 2 heterocycles. The summed E-state index contributed by atoms with van der Waals surface area (Å²) >= 11 is 0. The van der Waals surface area contributed by atoms with Crippen LogP contribution in [0.1, 0.15) is 20.3 Å². The number of rotatable bonds is 7. The van der Waals surface area contributed by atoms with Crippen LogP contribution in [0.2, 0.25) is 0 Å². The number of fused-ring (bicyclic) bond motifs is 1. The second kappa shape index (κ2) is 7.43. The van der Waals surface area contributed by atoms with Gasteiger partial charge in [0.25, 0.3) is 10.9 Å². The Kier molecular flexibility index (Phi) is 4.98. The van der Waals surface area contributed by atoms with Crippen LogP contribution in [0.25, 0.3) is 10.9 Å². The van der Waals surface area contributed by atoms with Crippen molar-refractivity contribution in [3.05, 3.63) is 50.9 Å². The number of nitrogens with zero attached hydrogens (tertiary/aromatic N) is 2. The number of likely N-dealkylation sites (tertiary alicyclic amines) is 1. The molecule has 0 bridgehead atoms. The lowest BCUT2D eigenvalue weighted by Gasteiger charge is -2.26. The molecule has 2 aromatic carbocycles. The maximum absolute atomic E-state index is 12.3. The summed E-state index contributed by atoms with van der Waals surface area (Å²) in [4.78, 5) is 32.2. The van der Waals surface area contributed by atoms with Crippen LogP contribution < -0.4 is 21.1 Å². The van der Waals surface area contributed by atoms with Gasteiger partial charge in [0, 0.05) is 43.8 Å². The van der Waals surface area contributed by atoms with E-state index < -0.39 is 5.43 Å². The highest BCUT2D eigenvalue weighted by Crippen LogP contribution is 2.30. The predicted octanol–water partition coefficient (Wildman–Crippen LogP) is 2.92. The van der Waals surface area contributed by atoms with Crippen LogP contribution in [-0.2, 0) is 0 Å². The van der Waals surface area contributed by atoms with Gasteiger partial charge in [-0.05, 0) is 30.9 Å². The third kappa shape index (κ3) is 3.44. The molecule has 0 spiro atoms. The third-order valence-electron chi connectivity index (χ3n) is 5.64. The Morgan fingerprint density at radius 1 is 1.25 bits per heavy atom. The lowest BCUT2D eigenvalue weighted by atomic mass is 10.1. The average Bonchev–Trinajstić information content (AvgIpc) is 3.27. The van der Waals surface area contributed by atoms with Crippen molar-refractivity contribution in [2.45, 2.75) is 20.3 Å². The number of anilines is 3. The molecule has 0 amide bonds. The van der Waals surface area contributed by atoms with E-state index in [2.05, 4.69) is 29.0 Å². The molecule has 1 atom stereocenters. The molecule has 1 unspecified atom stereocenters. The van der Waals surface area contributed by atoms with Crippen molar-refractivity contribution in [1.29, 1.82) is 0 Å². The topological polar surface area (TPSA) is 68.4 Å². The van der Waals surface area contributed by atoms with Crippen LogP contribution in [0.3, 0.4) is 0 Å². The van der Waals surface area contributed by atoms with E-state index >= 15 is 0 Å². The Morgan fingerprint density at radius 3 is 2.82 bits per heavy atom. The molecule has 1 fully saturated rings. The van der Waals surface area contributed by atoms with Crippen molar-refractivity contribution in [3.63, 3.8) is 0 Å². The van der Waals surface area contributed by atoms with Gasteiger partial charge in [-0.3, -0.25) is 9.59 Å². The van der Waals surface area contributed by atoms with E-state index in [4.69, 9.17) is 0 Å². The number of hydrogen-bond donors (Lipinski definition) is 2. The minimum atomic E-state index is -0.431. The van der Waals surface area contributed by atoms with Crippen molar-refractivity contribution in [2.75, 3.05) is 43.4 Å². The molecule has 3 aromatic rings. The zero-order chi connectivity index (χ0) is 19.8. The standard InChI is InChI=1S/C22H28N4O2/c1-14(2)11-26-9-8-15(13-26)12-25(3)20-19(21(27)22(20)28)24-18-10-23-17-7-5-4-6-16(17)18/h4-7,10,14-15,23-24H,8-9,11-13H2,1-3H3.